The van der Waals surface area contributed by atoms with Crippen molar-refractivity contribution in [2.45, 2.75) is 20.0 Å². The van der Waals surface area contributed by atoms with E-state index in [1.165, 1.54) is 27.6 Å². The molecule has 0 spiro atoms. The Morgan fingerprint density at radius 1 is 1.15 bits per heavy atom. The van der Waals surface area contributed by atoms with E-state index in [4.69, 9.17) is 0 Å². The van der Waals surface area contributed by atoms with E-state index in [9.17, 15) is 0 Å². The average molecular weight is 263 g/mol. The van der Waals surface area contributed by atoms with Crippen LogP contribution in [0, 0.1) is 6.92 Å². The zero-order valence-electron chi connectivity index (χ0n) is 11.6. The first-order valence-corrected chi connectivity index (χ1v) is 7.08. The van der Waals surface area contributed by atoms with Gasteiger partial charge in [0, 0.05) is 18.7 Å². The summed E-state index contributed by atoms with van der Waals surface area (Å²) in [5.74, 6) is 1.14. The van der Waals surface area contributed by atoms with Crippen LogP contribution in [0.25, 0.3) is 22.0 Å². The predicted octanol–water partition coefficient (Wildman–Crippen LogP) is 3.11. The Morgan fingerprint density at radius 3 is 3.00 bits per heavy atom. The van der Waals surface area contributed by atoms with Crippen LogP contribution in [0.4, 0.5) is 0 Å². The molecule has 1 N–H and O–H groups in total. The van der Waals surface area contributed by atoms with Crippen LogP contribution in [-0.4, -0.2) is 16.1 Å². The molecule has 0 fully saturated rings. The molecule has 2 aromatic carbocycles. The highest BCUT2D eigenvalue weighted by Crippen LogP contribution is 2.32. The van der Waals surface area contributed by atoms with Crippen LogP contribution in [-0.2, 0) is 13.1 Å². The van der Waals surface area contributed by atoms with Crippen molar-refractivity contribution in [2.75, 3.05) is 6.54 Å². The van der Waals surface area contributed by atoms with Crippen molar-refractivity contribution in [3.8, 4) is 11.3 Å². The molecule has 1 aromatic heterocycles. The first kappa shape index (κ1) is 11.7. The van der Waals surface area contributed by atoms with E-state index in [0.29, 0.717) is 0 Å². The van der Waals surface area contributed by atoms with Gasteiger partial charge in [0.1, 0.15) is 5.82 Å². The molecule has 20 heavy (non-hydrogen) atoms. The zero-order valence-corrected chi connectivity index (χ0v) is 11.6. The summed E-state index contributed by atoms with van der Waals surface area (Å²) in [6.45, 7) is 5.06. The van der Waals surface area contributed by atoms with E-state index in [2.05, 4.69) is 58.2 Å². The lowest BCUT2D eigenvalue weighted by Crippen LogP contribution is -2.28. The highest BCUT2D eigenvalue weighted by Gasteiger charge is 2.17. The van der Waals surface area contributed by atoms with Gasteiger partial charge >= 0.3 is 0 Å². The Bertz CT molecular complexity index is 786. The fourth-order valence-electron chi connectivity index (χ4n) is 3.12. The van der Waals surface area contributed by atoms with E-state index in [1.54, 1.807) is 0 Å². The molecular weight excluding hydrogens is 246 g/mol. The van der Waals surface area contributed by atoms with Gasteiger partial charge in [-0.05, 0) is 23.3 Å². The summed E-state index contributed by atoms with van der Waals surface area (Å²) in [7, 11) is 0. The van der Waals surface area contributed by atoms with Crippen molar-refractivity contribution in [3.05, 3.63) is 54.0 Å². The lowest BCUT2D eigenvalue weighted by atomic mass is 9.97. The van der Waals surface area contributed by atoms with Gasteiger partial charge in [0.15, 0.2) is 0 Å². The van der Waals surface area contributed by atoms with Crippen molar-refractivity contribution in [1.82, 2.24) is 14.9 Å². The van der Waals surface area contributed by atoms with Gasteiger partial charge in [-0.1, -0.05) is 36.4 Å². The van der Waals surface area contributed by atoms with E-state index in [1.807, 2.05) is 6.20 Å². The summed E-state index contributed by atoms with van der Waals surface area (Å²) >= 11 is 0. The van der Waals surface area contributed by atoms with Gasteiger partial charge in [0.2, 0.25) is 0 Å². The molecule has 1 aliphatic rings. The molecular formula is C17H17N3. The number of nitrogens with one attached hydrogen (secondary N) is 1. The van der Waals surface area contributed by atoms with Crippen LogP contribution in [0.2, 0.25) is 0 Å². The van der Waals surface area contributed by atoms with Gasteiger partial charge in [-0.25, -0.2) is 4.98 Å². The van der Waals surface area contributed by atoms with Gasteiger partial charge in [0.05, 0.1) is 18.4 Å². The van der Waals surface area contributed by atoms with Crippen molar-refractivity contribution >= 4 is 10.8 Å². The number of benzene rings is 2. The number of nitrogens with zero attached hydrogens (tertiary/aromatic N) is 2. The van der Waals surface area contributed by atoms with Crippen LogP contribution in [0.1, 0.15) is 11.4 Å². The quantitative estimate of drug-likeness (QED) is 0.731. The van der Waals surface area contributed by atoms with Crippen molar-refractivity contribution in [1.29, 1.82) is 0 Å². The number of imidazole rings is 1. The third kappa shape index (κ3) is 1.67. The Kier molecular flexibility index (Phi) is 2.60. The first-order chi connectivity index (χ1) is 9.84. The van der Waals surface area contributed by atoms with Crippen molar-refractivity contribution in [2.24, 2.45) is 0 Å². The molecule has 3 nitrogen and oxygen atoms in total. The van der Waals surface area contributed by atoms with E-state index in [0.717, 1.165) is 25.5 Å². The third-order valence-corrected chi connectivity index (χ3v) is 4.13. The minimum absolute atomic E-state index is 0.865. The van der Waals surface area contributed by atoms with E-state index < -0.39 is 0 Å². The molecule has 0 unspecified atom stereocenters. The van der Waals surface area contributed by atoms with Crippen molar-refractivity contribution < 1.29 is 0 Å². The molecule has 3 heteroatoms. The molecule has 1 aliphatic heterocycles. The maximum Gasteiger partial charge on any atom is 0.123 e. The second-order valence-electron chi connectivity index (χ2n) is 5.37. The van der Waals surface area contributed by atoms with Gasteiger partial charge in [-0.2, -0.15) is 0 Å². The molecule has 0 radical (unpaired) electrons. The van der Waals surface area contributed by atoms with Gasteiger partial charge < -0.3 is 9.88 Å². The lowest BCUT2D eigenvalue weighted by Gasteiger charge is -2.19. The number of fused-ring (bicyclic) bond motifs is 2. The SMILES string of the molecule is Cc1ccc2ccccc2c1-c1cnc2n1CCNC2. The molecule has 2 heterocycles. The van der Waals surface area contributed by atoms with Crippen LogP contribution in [0.3, 0.4) is 0 Å². The third-order valence-electron chi connectivity index (χ3n) is 4.13. The lowest BCUT2D eigenvalue weighted by molar-refractivity contribution is 0.508. The maximum atomic E-state index is 4.58. The Hall–Kier alpha value is -2.13. The summed E-state index contributed by atoms with van der Waals surface area (Å²) in [4.78, 5) is 4.58. The van der Waals surface area contributed by atoms with Gasteiger partial charge in [-0.15, -0.1) is 0 Å². The molecule has 0 atom stereocenters. The zero-order chi connectivity index (χ0) is 13.5. The molecule has 0 bridgehead atoms. The fourth-order valence-corrected chi connectivity index (χ4v) is 3.12. The standard InChI is InChI=1S/C17H17N3/c1-12-6-7-13-4-2-3-5-14(13)17(12)15-10-19-16-11-18-8-9-20(15)16/h2-7,10,18H,8-9,11H2,1H3. The Balaban J connectivity index is 2.03. The van der Waals surface area contributed by atoms with E-state index >= 15 is 0 Å². The summed E-state index contributed by atoms with van der Waals surface area (Å²) < 4.78 is 2.35. The summed E-state index contributed by atoms with van der Waals surface area (Å²) in [6, 6.07) is 13.0. The van der Waals surface area contributed by atoms with Gasteiger partial charge in [0.25, 0.3) is 0 Å². The Morgan fingerprint density at radius 2 is 2.05 bits per heavy atom. The minimum Gasteiger partial charge on any atom is -0.326 e. The normalized spacial score (nSPS) is 14.4. The largest absolute Gasteiger partial charge is 0.326 e. The van der Waals surface area contributed by atoms with Crippen LogP contribution >= 0.6 is 0 Å². The molecule has 0 saturated carbocycles. The van der Waals surface area contributed by atoms with Crippen LogP contribution < -0.4 is 5.32 Å². The number of hydrogen-bond acceptors (Lipinski definition) is 2. The van der Waals surface area contributed by atoms with E-state index in [-0.39, 0.29) is 0 Å². The van der Waals surface area contributed by atoms with Crippen LogP contribution in [0.5, 0.6) is 0 Å². The smallest absolute Gasteiger partial charge is 0.123 e. The number of aromatic nitrogens is 2. The molecule has 3 aromatic rings. The monoisotopic (exact) mass is 263 g/mol. The van der Waals surface area contributed by atoms with Gasteiger partial charge in [-0.3, -0.25) is 0 Å². The first-order valence-electron chi connectivity index (χ1n) is 7.08. The number of hydrogen-bond donors (Lipinski definition) is 1. The number of aryl methyl sites for hydroxylation is 1. The molecule has 0 amide bonds. The maximum absolute atomic E-state index is 4.58. The second kappa shape index (κ2) is 4.46. The second-order valence-corrected chi connectivity index (χ2v) is 5.37. The van der Waals surface area contributed by atoms with Crippen molar-refractivity contribution in [3.63, 3.8) is 0 Å². The number of rotatable bonds is 1. The molecule has 4 rings (SSSR count). The van der Waals surface area contributed by atoms with Crippen LogP contribution in [0.15, 0.2) is 42.6 Å². The predicted molar refractivity (Wildman–Crippen MR) is 81.6 cm³/mol. The molecule has 0 aliphatic carbocycles. The summed E-state index contributed by atoms with van der Waals surface area (Å²) in [6.07, 6.45) is 2.02. The highest BCUT2D eigenvalue weighted by molar-refractivity contribution is 5.97. The highest BCUT2D eigenvalue weighted by atomic mass is 15.2. The molecule has 100 valence electrons. The summed E-state index contributed by atoms with van der Waals surface area (Å²) in [5, 5.41) is 5.98. The average Bonchev–Trinajstić information content (AvgIpc) is 2.91. The Labute approximate surface area is 118 Å². The minimum atomic E-state index is 0.865. The fraction of sp³-hybridized carbons (Fsp3) is 0.235. The molecule has 0 saturated heterocycles. The topological polar surface area (TPSA) is 29.9 Å². The summed E-state index contributed by atoms with van der Waals surface area (Å²) in [5.41, 5.74) is 3.88.